The number of rotatable bonds is 20. The van der Waals surface area contributed by atoms with Crippen molar-refractivity contribution < 1.29 is 73.2 Å². The van der Waals surface area contributed by atoms with E-state index in [1.54, 1.807) is 65.1 Å². The van der Waals surface area contributed by atoms with Gasteiger partial charge in [0.2, 0.25) is 0 Å². The predicted molar refractivity (Wildman–Crippen MR) is 210 cm³/mol. The third-order valence-electron chi connectivity index (χ3n) is 4.77. The van der Waals surface area contributed by atoms with Gasteiger partial charge >= 0.3 is 35.8 Å². The number of ether oxygens (including phenoxy) is 4. The Kier molecular flexibility index (Phi) is 46.0. The van der Waals surface area contributed by atoms with E-state index in [2.05, 4.69) is 4.74 Å². The Morgan fingerprint density at radius 1 is 0.481 bits per heavy atom. The second-order valence-electron chi connectivity index (χ2n) is 11.1. The number of carboxylic acids is 2. The number of carbonyl (C=O) groups excluding carboxylic acids is 4. The maximum Gasteiger partial charge on any atom is 0.347 e. The van der Waals surface area contributed by atoms with E-state index in [-0.39, 0.29) is 18.3 Å². The highest BCUT2D eigenvalue weighted by Gasteiger charge is 2.23. The average molecular weight is 829 g/mol. The summed E-state index contributed by atoms with van der Waals surface area (Å²) in [6.45, 7) is 13.0. The zero-order valence-corrected chi connectivity index (χ0v) is 35.9. The van der Waals surface area contributed by atoms with E-state index >= 15 is 0 Å². The first-order chi connectivity index (χ1) is 24.0. The molecular formula is C33H64O15S4. The number of esters is 4. The number of carbonyl (C=O) groups is 6. The molecule has 19 heteroatoms. The summed E-state index contributed by atoms with van der Waals surface area (Å²) in [4.78, 5) is 64.1. The Balaban J connectivity index is -0.000000184. The minimum Gasteiger partial charge on any atom is -0.479 e. The van der Waals surface area contributed by atoms with Gasteiger partial charge in [-0.2, -0.15) is 47.0 Å². The monoisotopic (exact) mass is 828 g/mol. The first kappa shape index (κ1) is 59.4. The Hall–Kier alpha value is -1.90. The minimum atomic E-state index is -1.18. The number of hydrogen-bond donors (Lipinski definition) is 5. The molecular weight excluding hydrogens is 765 g/mol. The molecule has 0 aromatic rings. The quantitative estimate of drug-likeness (QED) is 0.0860. The molecule has 0 heterocycles. The molecule has 52 heavy (non-hydrogen) atoms. The summed E-state index contributed by atoms with van der Waals surface area (Å²) in [7, 11) is 0. The summed E-state index contributed by atoms with van der Waals surface area (Å²) in [5.41, 5.74) is 0. The van der Waals surface area contributed by atoms with Crippen LogP contribution in [0.15, 0.2) is 0 Å². The molecule has 0 aliphatic carbocycles. The maximum absolute atomic E-state index is 11.5. The zero-order chi connectivity index (χ0) is 41.8. The molecule has 5 N–H and O–H groups in total. The average Bonchev–Trinajstić information content (AvgIpc) is 3.02. The normalized spacial score (nSPS) is 12.3. The SMILES string of the molecule is CC(C)O.CSCCC(O)C(=O)O.CSCCC(O)C(=O)OC(C)C.CSCCC(OC(C)=O)C(=O)O.CSCCC(OC(C)=O)C(=O)OC(C)C. The molecule has 0 aliphatic heterocycles. The molecule has 0 aromatic carbocycles. The molecule has 0 saturated heterocycles. The van der Waals surface area contributed by atoms with Crippen LogP contribution in [-0.4, -0.2) is 152 Å². The predicted octanol–water partition coefficient (Wildman–Crippen LogP) is 4.00. The largest absolute Gasteiger partial charge is 0.479 e. The zero-order valence-electron chi connectivity index (χ0n) is 32.6. The third kappa shape index (κ3) is 50.2. The number of hydrogen-bond acceptors (Lipinski definition) is 17. The number of aliphatic carboxylic acids is 2. The van der Waals surface area contributed by atoms with E-state index in [0.717, 1.165) is 11.5 Å². The van der Waals surface area contributed by atoms with Gasteiger partial charge in [0.15, 0.2) is 24.4 Å². The van der Waals surface area contributed by atoms with Crippen LogP contribution in [0.25, 0.3) is 0 Å². The minimum absolute atomic E-state index is 0.151. The Morgan fingerprint density at radius 3 is 1.10 bits per heavy atom. The van der Waals surface area contributed by atoms with Gasteiger partial charge in [-0.1, -0.05) is 0 Å². The van der Waals surface area contributed by atoms with Crippen LogP contribution < -0.4 is 0 Å². The molecule has 0 bridgehead atoms. The lowest BCUT2D eigenvalue weighted by atomic mass is 10.3. The van der Waals surface area contributed by atoms with Crippen molar-refractivity contribution in [2.75, 3.05) is 48.0 Å². The lowest BCUT2D eigenvalue weighted by molar-refractivity contribution is -0.169. The van der Waals surface area contributed by atoms with Crippen molar-refractivity contribution >= 4 is 82.9 Å². The Morgan fingerprint density at radius 2 is 0.788 bits per heavy atom. The van der Waals surface area contributed by atoms with Gasteiger partial charge in [-0.15, -0.1) is 0 Å². The fraction of sp³-hybridized carbons (Fsp3) is 0.818. The number of thioether (sulfide) groups is 4. The molecule has 0 amide bonds. The third-order valence-corrected chi connectivity index (χ3v) is 7.35. The smallest absolute Gasteiger partial charge is 0.347 e. The van der Waals surface area contributed by atoms with Crippen LogP contribution in [0, 0.1) is 0 Å². The number of aliphatic hydroxyl groups excluding tert-OH is 3. The Bertz CT molecular complexity index is 934. The van der Waals surface area contributed by atoms with Gasteiger partial charge in [-0.3, -0.25) is 9.59 Å². The lowest BCUT2D eigenvalue weighted by Gasteiger charge is -2.17. The number of aliphatic hydroxyl groups is 3. The van der Waals surface area contributed by atoms with E-state index in [0.29, 0.717) is 37.2 Å². The van der Waals surface area contributed by atoms with Crippen molar-refractivity contribution in [1.82, 2.24) is 0 Å². The van der Waals surface area contributed by atoms with E-state index < -0.39 is 60.2 Å². The topological polar surface area (TPSA) is 240 Å². The van der Waals surface area contributed by atoms with Crippen molar-refractivity contribution in [2.24, 2.45) is 0 Å². The highest BCUT2D eigenvalue weighted by Crippen LogP contribution is 2.09. The Labute approximate surface area is 326 Å². The summed E-state index contributed by atoms with van der Waals surface area (Å²) < 4.78 is 19.2. The second kappa shape index (κ2) is 40.3. The second-order valence-corrected chi connectivity index (χ2v) is 15.0. The van der Waals surface area contributed by atoms with Crippen molar-refractivity contribution in [3.8, 4) is 0 Å². The van der Waals surface area contributed by atoms with Gasteiger partial charge in [-0.05, 0) is 102 Å². The molecule has 4 unspecified atom stereocenters. The standard InChI is InChI=1S/C10H18O4S.C8H16O3S.C7H12O4S.C5H10O3S.C3H8O/c1-7(2)13-10(12)9(5-6-15-4)14-8(3)11;1-6(2)11-8(10)7(9)4-5-12-3;1-5(8)11-6(7(9)10)3-4-12-2;1-9-3-2-4(6)5(7)8;1-3(2)4/h7,9H,5-6H2,1-4H3;6-7,9H,4-5H2,1-3H3;6H,3-4H2,1-2H3,(H,9,10);4,6H,2-3H2,1H3,(H,7,8);3-4H,1-2H3. The van der Waals surface area contributed by atoms with Crippen molar-refractivity contribution in [1.29, 1.82) is 0 Å². The van der Waals surface area contributed by atoms with Gasteiger partial charge < -0.3 is 44.5 Å². The van der Waals surface area contributed by atoms with E-state index in [1.165, 1.54) is 37.4 Å². The highest BCUT2D eigenvalue weighted by molar-refractivity contribution is 7.99. The molecule has 0 fully saturated rings. The van der Waals surface area contributed by atoms with Crippen molar-refractivity contribution in [2.45, 2.75) is 124 Å². The molecule has 0 aliphatic rings. The summed E-state index contributed by atoms with van der Waals surface area (Å²) in [6, 6.07) is 0. The van der Waals surface area contributed by atoms with Crippen LogP contribution in [0.5, 0.6) is 0 Å². The molecule has 0 aromatic heterocycles. The first-order valence-corrected chi connectivity index (χ1v) is 21.8. The van der Waals surface area contributed by atoms with E-state index in [1.807, 2.05) is 25.0 Å². The van der Waals surface area contributed by atoms with E-state index in [4.69, 9.17) is 34.6 Å². The fourth-order valence-electron chi connectivity index (χ4n) is 2.63. The fourth-order valence-corrected chi connectivity index (χ4v) is 4.44. The molecule has 0 radical (unpaired) electrons. The molecule has 0 spiro atoms. The summed E-state index contributed by atoms with van der Waals surface area (Å²) in [5, 5.41) is 42.6. The van der Waals surface area contributed by atoms with Crippen LogP contribution in [0.3, 0.4) is 0 Å². The summed E-state index contributed by atoms with van der Waals surface area (Å²) in [5.74, 6) is -1.32. The van der Waals surface area contributed by atoms with E-state index in [9.17, 15) is 33.9 Å². The maximum atomic E-state index is 11.5. The molecule has 310 valence electrons. The van der Waals surface area contributed by atoms with Crippen LogP contribution in [0.4, 0.5) is 0 Å². The van der Waals surface area contributed by atoms with Crippen molar-refractivity contribution in [3.05, 3.63) is 0 Å². The van der Waals surface area contributed by atoms with Crippen LogP contribution >= 0.6 is 47.0 Å². The van der Waals surface area contributed by atoms with Crippen LogP contribution in [0.1, 0.15) is 81.1 Å². The van der Waals surface area contributed by atoms with Crippen LogP contribution in [-0.2, 0) is 47.7 Å². The summed E-state index contributed by atoms with van der Waals surface area (Å²) >= 11 is 6.24. The van der Waals surface area contributed by atoms with Gasteiger partial charge in [0.1, 0.15) is 0 Å². The van der Waals surface area contributed by atoms with Gasteiger partial charge in [0, 0.05) is 32.8 Å². The molecule has 0 rings (SSSR count). The molecule has 4 atom stereocenters. The van der Waals surface area contributed by atoms with Gasteiger partial charge in [0.25, 0.3) is 0 Å². The summed E-state index contributed by atoms with van der Waals surface area (Å²) in [6.07, 6.45) is 4.84. The number of carboxylic acid groups (broad SMARTS) is 2. The lowest BCUT2D eigenvalue weighted by Crippen LogP contribution is -2.30. The first-order valence-electron chi connectivity index (χ1n) is 16.2. The van der Waals surface area contributed by atoms with Crippen molar-refractivity contribution in [3.63, 3.8) is 0 Å². The van der Waals surface area contributed by atoms with Gasteiger partial charge in [-0.25, -0.2) is 19.2 Å². The van der Waals surface area contributed by atoms with Crippen LogP contribution in [0.2, 0.25) is 0 Å². The molecule has 15 nitrogen and oxygen atoms in total. The van der Waals surface area contributed by atoms with Gasteiger partial charge in [0.05, 0.1) is 12.2 Å². The highest BCUT2D eigenvalue weighted by atomic mass is 32.2. The molecule has 0 saturated carbocycles.